The number of nitrogens with one attached hydrogen (secondary N) is 1. The number of rotatable bonds is 2. The zero-order valence-electron chi connectivity index (χ0n) is 9.74. The summed E-state index contributed by atoms with van der Waals surface area (Å²) in [6, 6.07) is 1.84. The van der Waals surface area contributed by atoms with Crippen molar-refractivity contribution in [2.75, 3.05) is 6.61 Å². The van der Waals surface area contributed by atoms with Crippen molar-refractivity contribution in [3.63, 3.8) is 0 Å². The van der Waals surface area contributed by atoms with Crippen molar-refractivity contribution in [1.29, 1.82) is 0 Å². The van der Waals surface area contributed by atoms with Crippen LogP contribution in [0.15, 0.2) is 0 Å². The van der Waals surface area contributed by atoms with E-state index in [1.54, 1.807) is 0 Å². The zero-order chi connectivity index (χ0) is 10.7. The largest absolute Gasteiger partial charge is 0.378 e. The summed E-state index contributed by atoms with van der Waals surface area (Å²) in [5.74, 6) is 0. The van der Waals surface area contributed by atoms with Gasteiger partial charge in [-0.3, -0.25) is 0 Å². The molecule has 0 radical (unpaired) electrons. The van der Waals surface area contributed by atoms with Crippen molar-refractivity contribution in [2.45, 2.75) is 69.7 Å². The van der Waals surface area contributed by atoms with Crippen molar-refractivity contribution in [3.05, 3.63) is 0 Å². The molecule has 3 heteroatoms. The Hall–Kier alpha value is -0.120. The quantitative estimate of drug-likeness (QED) is 0.727. The summed E-state index contributed by atoms with van der Waals surface area (Å²) in [4.78, 5) is 0. The lowest BCUT2D eigenvalue weighted by molar-refractivity contribution is 0.0102. The molecule has 2 atom stereocenters. The maximum absolute atomic E-state index is 5.90. The van der Waals surface area contributed by atoms with Crippen molar-refractivity contribution < 1.29 is 4.74 Å². The molecule has 3 N–H and O–H groups in total. The van der Waals surface area contributed by atoms with Crippen LogP contribution in [0.5, 0.6) is 0 Å². The Morgan fingerprint density at radius 1 is 1.07 bits per heavy atom. The molecule has 88 valence electrons. The van der Waals surface area contributed by atoms with E-state index in [1.165, 1.54) is 38.5 Å². The number of nitrogens with two attached hydrogens (primary N) is 1. The highest BCUT2D eigenvalue weighted by molar-refractivity contribution is 4.83. The third-order valence-corrected chi connectivity index (χ3v) is 3.73. The Morgan fingerprint density at radius 2 is 1.80 bits per heavy atom. The number of hydrogen-bond donors (Lipinski definition) is 2. The molecule has 2 fully saturated rings. The molecular formula is C12H24N2O. The first-order chi connectivity index (χ1) is 7.24. The maximum Gasteiger partial charge on any atom is 0.0561 e. The molecule has 0 aromatic heterocycles. The zero-order valence-corrected chi connectivity index (χ0v) is 9.74. The summed E-state index contributed by atoms with van der Waals surface area (Å²) in [6.45, 7) is 3.09. The minimum absolute atomic E-state index is 0.432. The first-order valence-corrected chi connectivity index (χ1v) is 6.37. The molecule has 2 aliphatic rings. The molecule has 0 aromatic carbocycles. The lowest BCUT2D eigenvalue weighted by Crippen LogP contribution is -2.46. The van der Waals surface area contributed by atoms with Crippen LogP contribution in [0.4, 0.5) is 0 Å². The lowest BCUT2D eigenvalue weighted by atomic mass is 9.90. The average molecular weight is 212 g/mol. The van der Waals surface area contributed by atoms with Gasteiger partial charge in [0, 0.05) is 24.7 Å². The molecule has 1 heterocycles. The molecular weight excluding hydrogens is 188 g/mol. The highest BCUT2D eigenvalue weighted by atomic mass is 16.5. The molecule has 1 aliphatic carbocycles. The molecule has 2 unspecified atom stereocenters. The van der Waals surface area contributed by atoms with Gasteiger partial charge in [-0.15, -0.1) is 0 Å². The molecule has 0 aromatic rings. The molecule has 1 saturated heterocycles. The molecule has 3 nitrogen and oxygen atoms in total. The number of ether oxygens (including phenoxy) is 1. The Balaban J connectivity index is 1.71. The Bertz CT molecular complexity index is 190. The van der Waals surface area contributed by atoms with Crippen molar-refractivity contribution in [1.82, 2.24) is 5.32 Å². The van der Waals surface area contributed by atoms with E-state index in [2.05, 4.69) is 12.2 Å². The smallest absolute Gasteiger partial charge is 0.0561 e. The summed E-state index contributed by atoms with van der Waals surface area (Å²) in [5.41, 5.74) is 5.90. The molecule has 15 heavy (non-hydrogen) atoms. The van der Waals surface area contributed by atoms with Gasteiger partial charge in [-0.1, -0.05) is 0 Å². The highest BCUT2D eigenvalue weighted by Gasteiger charge is 2.24. The summed E-state index contributed by atoms with van der Waals surface area (Å²) in [5, 5.41) is 3.77. The molecule has 2 rings (SSSR count). The molecule has 1 aliphatic heterocycles. The van der Waals surface area contributed by atoms with Crippen LogP contribution in [0.25, 0.3) is 0 Å². The monoisotopic (exact) mass is 212 g/mol. The van der Waals surface area contributed by atoms with Gasteiger partial charge in [0.2, 0.25) is 0 Å². The maximum atomic E-state index is 5.90. The van der Waals surface area contributed by atoms with Crippen LogP contribution in [-0.2, 0) is 4.74 Å². The third kappa shape index (κ3) is 3.44. The van der Waals surface area contributed by atoms with Gasteiger partial charge in [-0.05, 0) is 45.4 Å². The fourth-order valence-corrected chi connectivity index (χ4v) is 2.77. The van der Waals surface area contributed by atoms with Crippen LogP contribution in [0.2, 0.25) is 0 Å². The van der Waals surface area contributed by atoms with E-state index in [1.807, 2.05) is 0 Å². The standard InChI is InChI=1S/C12H24N2O/c1-9-8-12(6-7-15-9)14-11-4-2-10(13)3-5-11/h9-12,14H,2-8,13H2,1H3. The van der Waals surface area contributed by atoms with Crippen LogP contribution in [0.1, 0.15) is 45.4 Å². The van der Waals surface area contributed by atoms with Crippen molar-refractivity contribution >= 4 is 0 Å². The van der Waals surface area contributed by atoms with Gasteiger partial charge < -0.3 is 15.8 Å². The fraction of sp³-hybridized carbons (Fsp3) is 1.00. The van der Waals surface area contributed by atoms with E-state index in [-0.39, 0.29) is 0 Å². The third-order valence-electron chi connectivity index (χ3n) is 3.73. The summed E-state index contributed by atoms with van der Waals surface area (Å²) >= 11 is 0. The normalized spacial score (nSPS) is 42.8. The van der Waals surface area contributed by atoms with E-state index in [0.29, 0.717) is 24.2 Å². The van der Waals surface area contributed by atoms with Gasteiger partial charge in [0.25, 0.3) is 0 Å². The van der Waals surface area contributed by atoms with Gasteiger partial charge in [-0.25, -0.2) is 0 Å². The van der Waals surface area contributed by atoms with Crippen molar-refractivity contribution in [3.8, 4) is 0 Å². The summed E-state index contributed by atoms with van der Waals surface area (Å²) in [6.07, 6.45) is 7.67. The second-order valence-electron chi connectivity index (χ2n) is 5.18. The SMILES string of the molecule is CC1CC(NC2CCC(N)CC2)CCO1. The molecule has 1 saturated carbocycles. The highest BCUT2D eigenvalue weighted by Crippen LogP contribution is 2.20. The van der Waals surface area contributed by atoms with Crippen LogP contribution < -0.4 is 11.1 Å². The molecule has 0 spiro atoms. The van der Waals surface area contributed by atoms with Gasteiger partial charge in [0.05, 0.1) is 6.10 Å². The number of hydrogen-bond acceptors (Lipinski definition) is 3. The van der Waals surface area contributed by atoms with E-state index in [4.69, 9.17) is 10.5 Å². The van der Waals surface area contributed by atoms with Gasteiger partial charge in [0.15, 0.2) is 0 Å². The second kappa shape index (κ2) is 5.28. The Kier molecular flexibility index (Phi) is 4.00. The van der Waals surface area contributed by atoms with Crippen LogP contribution >= 0.6 is 0 Å². The summed E-state index contributed by atoms with van der Waals surface area (Å²) < 4.78 is 5.55. The van der Waals surface area contributed by atoms with Gasteiger partial charge >= 0.3 is 0 Å². The Morgan fingerprint density at radius 3 is 2.47 bits per heavy atom. The molecule has 0 amide bonds. The predicted molar refractivity (Wildman–Crippen MR) is 61.8 cm³/mol. The lowest BCUT2D eigenvalue weighted by Gasteiger charge is -2.34. The minimum Gasteiger partial charge on any atom is -0.378 e. The van der Waals surface area contributed by atoms with E-state index >= 15 is 0 Å². The topological polar surface area (TPSA) is 47.3 Å². The second-order valence-corrected chi connectivity index (χ2v) is 5.18. The van der Waals surface area contributed by atoms with E-state index < -0.39 is 0 Å². The van der Waals surface area contributed by atoms with Crippen LogP contribution in [-0.4, -0.2) is 30.8 Å². The minimum atomic E-state index is 0.432. The Labute approximate surface area is 92.7 Å². The first-order valence-electron chi connectivity index (χ1n) is 6.37. The average Bonchev–Trinajstić information content (AvgIpc) is 2.22. The summed E-state index contributed by atoms with van der Waals surface area (Å²) in [7, 11) is 0. The molecule has 0 bridgehead atoms. The van der Waals surface area contributed by atoms with E-state index in [9.17, 15) is 0 Å². The van der Waals surface area contributed by atoms with Crippen LogP contribution in [0, 0.1) is 0 Å². The van der Waals surface area contributed by atoms with Crippen molar-refractivity contribution in [2.24, 2.45) is 5.73 Å². The predicted octanol–water partition coefficient (Wildman–Crippen LogP) is 1.41. The van der Waals surface area contributed by atoms with E-state index in [0.717, 1.165) is 6.61 Å². The van der Waals surface area contributed by atoms with Gasteiger partial charge in [-0.2, -0.15) is 0 Å². The van der Waals surface area contributed by atoms with Crippen LogP contribution in [0.3, 0.4) is 0 Å². The fourth-order valence-electron chi connectivity index (χ4n) is 2.77. The first kappa shape index (κ1) is 11.4. The van der Waals surface area contributed by atoms with Gasteiger partial charge in [0.1, 0.15) is 0 Å².